The van der Waals surface area contributed by atoms with Gasteiger partial charge in [0.2, 0.25) is 0 Å². The highest BCUT2D eigenvalue weighted by Crippen LogP contribution is 2.19. The molecule has 0 aliphatic carbocycles. The number of rotatable bonds is 10. The average Bonchev–Trinajstić information content (AvgIpc) is 2.47. The molecule has 0 aliphatic heterocycles. The molecule has 0 spiro atoms. The van der Waals surface area contributed by atoms with E-state index in [1.54, 1.807) is 7.11 Å². The molecular weight excluding hydrogens is 252 g/mol. The van der Waals surface area contributed by atoms with Crippen LogP contribution in [0.3, 0.4) is 0 Å². The molecule has 1 unspecified atom stereocenters. The van der Waals surface area contributed by atoms with E-state index in [-0.39, 0.29) is 0 Å². The lowest BCUT2D eigenvalue weighted by atomic mass is 10.2. The highest BCUT2D eigenvalue weighted by atomic mass is 16.5. The van der Waals surface area contributed by atoms with Crippen LogP contribution in [-0.2, 0) is 4.74 Å². The first-order valence-electron chi connectivity index (χ1n) is 7.39. The maximum Gasteiger partial charge on any atom is 0.142 e. The highest BCUT2D eigenvalue weighted by molar-refractivity contribution is 5.51. The minimum Gasteiger partial charge on any atom is -0.491 e. The van der Waals surface area contributed by atoms with Crippen LogP contribution in [0.1, 0.15) is 26.7 Å². The highest BCUT2D eigenvalue weighted by Gasteiger charge is 2.11. The van der Waals surface area contributed by atoms with Crippen molar-refractivity contribution in [1.82, 2.24) is 4.90 Å². The van der Waals surface area contributed by atoms with E-state index in [9.17, 15) is 0 Å². The van der Waals surface area contributed by atoms with Crippen molar-refractivity contribution < 1.29 is 9.47 Å². The van der Waals surface area contributed by atoms with Crippen LogP contribution >= 0.6 is 0 Å². The molecule has 0 saturated heterocycles. The zero-order chi connectivity index (χ0) is 14.8. The zero-order valence-electron chi connectivity index (χ0n) is 13.0. The van der Waals surface area contributed by atoms with Gasteiger partial charge in [0, 0.05) is 26.2 Å². The molecular formula is C16H28N2O2. The predicted octanol–water partition coefficient (Wildman–Crippen LogP) is 2.78. The van der Waals surface area contributed by atoms with Crippen molar-refractivity contribution in [2.75, 3.05) is 39.1 Å². The summed E-state index contributed by atoms with van der Waals surface area (Å²) in [4.78, 5) is 2.45. The molecule has 0 saturated carbocycles. The van der Waals surface area contributed by atoms with Crippen LogP contribution in [0, 0.1) is 0 Å². The van der Waals surface area contributed by atoms with Crippen LogP contribution in [0.25, 0.3) is 0 Å². The Morgan fingerprint density at radius 2 is 1.95 bits per heavy atom. The van der Waals surface area contributed by atoms with Gasteiger partial charge in [0.1, 0.15) is 5.75 Å². The lowest BCUT2D eigenvalue weighted by Crippen LogP contribution is -2.36. The van der Waals surface area contributed by atoms with Gasteiger partial charge in [-0.1, -0.05) is 19.1 Å². The summed E-state index contributed by atoms with van der Waals surface area (Å²) in [6.45, 7) is 7.92. The first-order chi connectivity index (χ1) is 9.69. The first kappa shape index (κ1) is 16.8. The molecule has 2 N–H and O–H groups in total. The van der Waals surface area contributed by atoms with Crippen molar-refractivity contribution in [1.29, 1.82) is 0 Å². The SMILES string of the molecule is CCC(C)N(CCCOc1ccccc1N)CCOC. The number of ether oxygens (including phenoxy) is 2. The number of benzene rings is 1. The lowest BCUT2D eigenvalue weighted by Gasteiger charge is -2.28. The molecule has 1 atom stereocenters. The van der Waals surface area contributed by atoms with E-state index < -0.39 is 0 Å². The third-order valence-electron chi connectivity index (χ3n) is 3.56. The lowest BCUT2D eigenvalue weighted by molar-refractivity contribution is 0.117. The van der Waals surface area contributed by atoms with Crippen LogP contribution in [0.5, 0.6) is 5.75 Å². The van der Waals surface area contributed by atoms with Crippen LogP contribution in [0.4, 0.5) is 5.69 Å². The van der Waals surface area contributed by atoms with Gasteiger partial charge in [-0.25, -0.2) is 0 Å². The Bertz CT molecular complexity index is 371. The van der Waals surface area contributed by atoms with Gasteiger partial charge in [-0.2, -0.15) is 0 Å². The van der Waals surface area contributed by atoms with Gasteiger partial charge in [0.05, 0.1) is 18.9 Å². The van der Waals surface area contributed by atoms with Gasteiger partial charge in [-0.3, -0.25) is 4.90 Å². The molecule has 0 heterocycles. The molecule has 1 rings (SSSR count). The summed E-state index contributed by atoms with van der Waals surface area (Å²) in [5, 5.41) is 0. The Hall–Kier alpha value is -1.26. The van der Waals surface area contributed by atoms with Gasteiger partial charge in [0.15, 0.2) is 0 Å². The number of nitrogens with zero attached hydrogens (tertiary/aromatic N) is 1. The summed E-state index contributed by atoms with van der Waals surface area (Å²) in [7, 11) is 1.75. The summed E-state index contributed by atoms with van der Waals surface area (Å²) < 4.78 is 10.9. The second-order valence-corrected chi connectivity index (χ2v) is 5.03. The zero-order valence-corrected chi connectivity index (χ0v) is 13.0. The summed E-state index contributed by atoms with van der Waals surface area (Å²) in [6, 6.07) is 8.20. The van der Waals surface area contributed by atoms with E-state index in [0.29, 0.717) is 18.3 Å². The predicted molar refractivity (Wildman–Crippen MR) is 84.2 cm³/mol. The number of nitrogens with two attached hydrogens (primary N) is 1. The van der Waals surface area contributed by atoms with Gasteiger partial charge in [-0.15, -0.1) is 0 Å². The van der Waals surface area contributed by atoms with Gasteiger partial charge in [-0.05, 0) is 31.9 Å². The number of anilines is 1. The smallest absolute Gasteiger partial charge is 0.142 e. The van der Waals surface area contributed by atoms with Crippen molar-refractivity contribution in [2.24, 2.45) is 0 Å². The Morgan fingerprint density at radius 3 is 2.60 bits per heavy atom. The molecule has 4 nitrogen and oxygen atoms in total. The van der Waals surface area contributed by atoms with Crippen LogP contribution < -0.4 is 10.5 Å². The van der Waals surface area contributed by atoms with Crippen molar-refractivity contribution >= 4 is 5.69 Å². The van der Waals surface area contributed by atoms with Crippen LogP contribution in [0.2, 0.25) is 0 Å². The van der Waals surface area contributed by atoms with E-state index in [0.717, 1.165) is 38.3 Å². The standard InChI is InChI=1S/C16H28N2O2/c1-4-14(2)18(11-13-19-3)10-7-12-20-16-9-6-5-8-15(16)17/h5-6,8-9,14H,4,7,10-13,17H2,1-3H3. The largest absolute Gasteiger partial charge is 0.491 e. The monoisotopic (exact) mass is 280 g/mol. The van der Waals surface area contributed by atoms with Gasteiger partial charge in [0.25, 0.3) is 0 Å². The first-order valence-corrected chi connectivity index (χ1v) is 7.39. The number of para-hydroxylation sites is 2. The van der Waals surface area contributed by atoms with E-state index in [2.05, 4.69) is 18.7 Å². The Balaban J connectivity index is 2.31. The number of methoxy groups -OCH3 is 1. The van der Waals surface area contributed by atoms with Crippen molar-refractivity contribution in [3.05, 3.63) is 24.3 Å². The molecule has 20 heavy (non-hydrogen) atoms. The molecule has 0 radical (unpaired) electrons. The minimum atomic E-state index is 0.576. The van der Waals surface area contributed by atoms with Crippen molar-refractivity contribution in [3.63, 3.8) is 0 Å². The maximum absolute atomic E-state index is 5.85. The summed E-state index contributed by atoms with van der Waals surface area (Å²) >= 11 is 0. The second kappa shape index (κ2) is 9.61. The third-order valence-corrected chi connectivity index (χ3v) is 3.56. The molecule has 1 aromatic rings. The number of hydrogen-bond acceptors (Lipinski definition) is 4. The quantitative estimate of drug-likeness (QED) is 0.529. The molecule has 0 amide bonds. The van der Waals surface area contributed by atoms with Gasteiger partial charge >= 0.3 is 0 Å². The molecule has 1 aromatic carbocycles. The fourth-order valence-corrected chi connectivity index (χ4v) is 2.08. The van der Waals surface area contributed by atoms with E-state index in [1.165, 1.54) is 0 Å². The fraction of sp³-hybridized carbons (Fsp3) is 0.625. The Morgan fingerprint density at radius 1 is 1.20 bits per heavy atom. The maximum atomic E-state index is 5.85. The Labute approximate surface area is 122 Å². The fourth-order valence-electron chi connectivity index (χ4n) is 2.08. The van der Waals surface area contributed by atoms with E-state index in [1.807, 2.05) is 24.3 Å². The molecule has 4 heteroatoms. The molecule has 0 aromatic heterocycles. The van der Waals surface area contributed by atoms with Crippen molar-refractivity contribution in [2.45, 2.75) is 32.7 Å². The van der Waals surface area contributed by atoms with Gasteiger partial charge < -0.3 is 15.2 Å². The average molecular weight is 280 g/mol. The molecule has 0 bridgehead atoms. The van der Waals surface area contributed by atoms with Crippen LogP contribution in [0.15, 0.2) is 24.3 Å². The number of nitrogen functional groups attached to an aromatic ring is 1. The van der Waals surface area contributed by atoms with E-state index in [4.69, 9.17) is 15.2 Å². The second-order valence-electron chi connectivity index (χ2n) is 5.03. The summed E-state index contributed by atoms with van der Waals surface area (Å²) in [5.41, 5.74) is 6.55. The Kier molecular flexibility index (Phi) is 8.07. The molecule has 114 valence electrons. The topological polar surface area (TPSA) is 47.7 Å². The summed E-state index contributed by atoms with van der Waals surface area (Å²) in [5.74, 6) is 0.777. The third kappa shape index (κ3) is 5.80. The normalized spacial score (nSPS) is 12.6. The van der Waals surface area contributed by atoms with E-state index >= 15 is 0 Å². The van der Waals surface area contributed by atoms with Crippen molar-refractivity contribution in [3.8, 4) is 5.75 Å². The molecule has 0 aliphatic rings. The molecule has 0 fully saturated rings. The number of hydrogen-bond donors (Lipinski definition) is 1. The summed E-state index contributed by atoms with van der Waals surface area (Å²) in [6.07, 6.45) is 2.14. The van der Waals surface area contributed by atoms with Crippen LogP contribution in [-0.4, -0.2) is 44.4 Å². The minimum absolute atomic E-state index is 0.576.